The Balaban J connectivity index is 1.71. The molecule has 9 nitrogen and oxygen atoms in total. The predicted octanol–water partition coefficient (Wildman–Crippen LogP) is 3.74. The van der Waals surface area contributed by atoms with Crippen LogP contribution in [0.25, 0.3) is 5.83 Å². The molecule has 0 bridgehead atoms. The van der Waals surface area contributed by atoms with Gasteiger partial charge in [0.05, 0.1) is 11.6 Å². The van der Waals surface area contributed by atoms with Gasteiger partial charge in [-0.3, -0.25) is 24.2 Å². The molecule has 0 saturated carbocycles. The smallest absolute Gasteiger partial charge is 0.306 e. The first-order valence-corrected chi connectivity index (χ1v) is 13.9. The maximum absolute atomic E-state index is 15.0. The van der Waals surface area contributed by atoms with Gasteiger partial charge < -0.3 is 20.4 Å². The number of rotatable bonds is 5. The van der Waals surface area contributed by atoms with E-state index in [-0.39, 0.29) is 30.5 Å². The summed E-state index contributed by atoms with van der Waals surface area (Å²) in [6, 6.07) is -0.00911. The number of phenols is 1. The van der Waals surface area contributed by atoms with Crippen LogP contribution in [0.2, 0.25) is 0 Å². The maximum Gasteiger partial charge on any atom is 0.306 e. The lowest BCUT2D eigenvalue weighted by Crippen LogP contribution is -2.63. The van der Waals surface area contributed by atoms with Crippen molar-refractivity contribution in [1.82, 2.24) is 9.80 Å². The second-order valence-electron chi connectivity index (χ2n) is 11.9. The molecule has 2 unspecified atom stereocenters. The summed E-state index contributed by atoms with van der Waals surface area (Å²) in [5.41, 5.74) is -5.04. The number of ketones is 3. The van der Waals surface area contributed by atoms with E-state index in [0.29, 0.717) is 13.1 Å². The largest absolute Gasteiger partial charge is 0.510 e. The fourth-order valence-electron chi connectivity index (χ4n) is 7.25. The third-order valence-corrected chi connectivity index (χ3v) is 9.15. The molecule has 0 spiro atoms. The monoisotopic (exact) mass is 590 g/mol. The van der Waals surface area contributed by atoms with Crippen LogP contribution >= 0.6 is 0 Å². The van der Waals surface area contributed by atoms with Gasteiger partial charge in [0.25, 0.3) is 0 Å². The van der Waals surface area contributed by atoms with Crippen LogP contribution in [0.15, 0.2) is 34.8 Å². The first kappa shape index (κ1) is 30.0. The number of benzene rings is 1. The average molecular weight is 591 g/mol. The van der Waals surface area contributed by atoms with Crippen molar-refractivity contribution in [2.45, 2.75) is 57.2 Å². The standard InChI is InChI=1S/C30H33F3N2O7/c1-13(36)19-26(39)23(34(2)3)18-11-14-9-16-17(22(31)29(32)33)10-15(12-35-7-5-4-6-8-35)24(37)21(16)25(38)20(14)28(41)30(18,42)27(19)40/h10,14,18,23,37,39,41-42H,4-9,11-12H2,1-3H3/t14?,18?,23-,30-/m1/s1. The Labute approximate surface area is 240 Å². The lowest BCUT2D eigenvalue weighted by molar-refractivity contribution is -0.148. The summed E-state index contributed by atoms with van der Waals surface area (Å²) >= 11 is 0. The van der Waals surface area contributed by atoms with Gasteiger partial charge in [0.15, 0.2) is 23.0 Å². The quantitative estimate of drug-likeness (QED) is 0.378. The second-order valence-corrected chi connectivity index (χ2v) is 11.9. The van der Waals surface area contributed by atoms with Crippen molar-refractivity contribution in [3.05, 3.63) is 57.1 Å². The summed E-state index contributed by atoms with van der Waals surface area (Å²) < 4.78 is 42.2. The van der Waals surface area contributed by atoms with E-state index in [1.54, 1.807) is 0 Å². The second kappa shape index (κ2) is 10.7. The number of hydrogen-bond donors (Lipinski definition) is 4. The normalized spacial score (nSPS) is 28.0. The Morgan fingerprint density at radius 1 is 1.10 bits per heavy atom. The average Bonchev–Trinajstić information content (AvgIpc) is 2.92. The van der Waals surface area contributed by atoms with Crippen LogP contribution in [0.1, 0.15) is 59.7 Å². The lowest BCUT2D eigenvalue weighted by Gasteiger charge is -2.50. The van der Waals surface area contributed by atoms with E-state index in [2.05, 4.69) is 0 Å². The number of fused-ring (bicyclic) bond motifs is 3. The number of carbonyl (C=O) groups is 3. The van der Waals surface area contributed by atoms with Gasteiger partial charge in [-0.1, -0.05) is 6.42 Å². The van der Waals surface area contributed by atoms with Crippen LogP contribution < -0.4 is 0 Å². The molecular formula is C30H33F3N2O7. The Kier molecular flexibility index (Phi) is 7.61. The van der Waals surface area contributed by atoms with E-state index in [4.69, 9.17) is 0 Å². The van der Waals surface area contributed by atoms with Crippen LogP contribution in [-0.4, -0.2) is 86.4 Å². The fourth-order valence-corrected chi connectivity index (χ4v) is 7.25. The molecule has 1 aromatic carbocycles. The van der Waals surface area contributed by atoms with Crippen LogP contribution in [-0.2, 0) is 22.6 Å². The summed E-state index contributed by atoms with van der Waals surface area (Å²) in [6.45, 7) is 2.40. The number of Topliss-reactive ketones (excluding diaryl/α,β-unsaturated/α-hetero) is 3. The van der Waals surface area contributed by atoms with Crippen molar-refractivity contribution in [1.29, 1.82) is 0 Å². The molecule has 226 valence electrons. The number of aliphatic hydroxyl groups is 3. The molecule has 1 fully saturated rings. The summed E-state index contributed by atoms with van der Waals surface area (Å²) in [7, 11) is 3.05. The summed E-state index contributed by atoms with van der Waals surface area (Å²) in [6.07, 6.45) is -0.324. The molecule has 4 N–H and O–H groups in total. The van der Waals surface area contributed by atoms with Gasteiger partial charge in [0.1, 0.15) is 22.8 Å². The number of likely N-dealkylation sites (N-methyl/N-ethyl adjacent to an activating group) is 1. The zero-order valence-electron chi connectivity index (χ0n) is 23.5. The van der Waals surface area contributed by atoms with E-state index < -0.39 is 92.3 Å². The highest BCUT2D eigenvalue weighted by Gasteiger charge is 2.63. The van der Waals surface area contributed by atoms with E-state index in [0.717, 1.165) is 32.3 Å². The number of carbonyl (C=O) groups excluding carboxylic acids is 3. The highest BCUT2D eigenvalue weighted by Crippen LogP contribution is 2.53. The predicted molar refractivity (Wildman–Crippen MR) is 145 cm³/mol. The van der Waals surface area contributed by atoms with Gasteiger partial charge in [0, 0.05) is 29.2 Å². The van der Waals surface area contributed by atoms with Crippen LogP contribution in [0.4, 0.5) is 13.2 Å². The molecular weight excluding hydrogens is 557 g/mol. The van der Waals surface area contributed by atoms with E-state index >= 15 is 0 Å². The Bertz CT molecular complexity index is 1490. The van der Waals surface area contributed by atoms with E-state index in [1.807, 2.05) is 4.90 Å². The Morgan fingerprint density at radius 2 is 1.74 bits per heavy atom. The van der Waals surface area contributed by atoms with Crippen molar-refractivity contribution in [3.8, 4) is 5.75 Å². The van der Waals surface area contributed by atoms with Gasteiger partial charge in [0.2, 0.25) is 5.78 Å². The SMILES string of the molecule is CC(=O)C1=C(O)[C@H](N(C)C)C2CC3Cc4c(C(F)=C(F)F)cc(CN5CCCCC5)c(O)c4C(=O)C3=C(O)[C@]2(O)C1=O. The number of allylic oxidation sites excluding steroid dienone is 1. The fraction of sp³-hybridized carbons (Fsp3) is 0.500. The van der Waals surface area contributed by atoms with Gasteiger partial charge in [-0.05, 0) is 77.3 Å². The number of nitrogens with zero attached hydrogens (tertiary/aromatic N) is 2. The number of aliphatic hydroxyl groups excluding tert-OH is 2. The summed E-state index contributed by atoms with van der Waals surface area (Å²) in [4.78, 5) is 43.3. The van der Waals surface area contributed by atoms with Gasteiger partial charge in [-0.2, -0.15) is 8.78 Å². The minimum atomic E-state index is -2.76. The number of aromatic hydroxyl groups is 1. The minimum Gasteiger partial charge on any atom is -0.510 e. The molecule has 42 heavy (non-hydrogen) atoms. The lowest BCUT2D eigenvalue weighted by atomic mass is 9.58. The van der Waals surface area contributed by atoms with Crippen LogP contribution in [0, 0.1) is 11.8 Å². The first-order valence-electron chi connectivity index (χ1n) is 13.9. The Morgan fingerprint density at radius 3 is 2.31 bits per heavy atom. The molecule has 3 aliphatic carbocycles. The number of halogens is 3. The number of likely N-dealkylation sites (tertiary alicyclic amines) is 1. The van der Waals surface area contributed by atoms with E-state index in [1.165, 1.54) is 19.0 Å². The third kappa shape index (κ3) is 4.38. The molecule has 4 atom stereocenters. The minimum absolute atomic E-state index is 0.0504. The van der Waals surface area contributed by atoms with Gasteiger partial charge in [-0.15, -0.1) is 0 Å². The highest BCUT2D eigenvalue weighted by atomic mass is 19.3. The number of hydrogen-bond acceptors (Lipinski definition) is 9. The molecule has 5 rings (SSSR count). The molecule has 1 heterocycles. The zero-order valence-corrected chi connectivity index (χ0v) is 23.5. The molecule has 0 aromatic heterocycles. The van der Waals surface area contributed by atoms with Crippen molar-refractivity contribution >= 4 is 23.2 Å². The molecule has 4 aliphatic rings. The van der Waals surface area contributed by atoms with Gasteiger partial charge >= 0.3 is 6.08 Å². The molecule has 1 aliphatic heterocycles. The van der Waals surface area contributed by atoms with Crippen LogP contribution in [0.5, 0.6) is 5.75 Å². The van der Waals surface area contributed by atoms with Crippen molar-refractivity contribution < 1.29 is 48.0 Å². The van der Waals surface area contributed by atoms with Crippen LogP contribution in [0.3, 0.4) is 0 Å². The van der Waals surface area contributed by atoms with E-state index in [9.17, 15) is 48.0 Å². The molecule has 12 heteroatoms. The van der Waals surface area contributed by atoms with Crippen molar-refractivity contribution in [2.75, 3.05) is 27.2 Å². The zero-order chi connectivity index (χ0) is 30.8. The van der Waals surface area contributed by atoms with Crippen molar-refractivity contribution in [3.63, 3.8) is 0 Å². The summed E-state index contributed by atoms with van der Waals surface area (Å²) in [5.74, 6) is -9.40. The molecule has 1 saturated heterocycles. The number of piperidine rings is 1. The molecule has 0 amide bonds. The summed E-state index contributed by atoms with van der Waals surface area (Å²) in [5, 5.41) is 45.4. The van der Waals surface area contributed by atoms with Gasteiger partial charge in [-0.25, -0.2) is 4.39 Å². The molecule has 1 aromatic rings. The number of phenolic OH excluding ortho intramolecular Hbond substituents is 1. The maximum atomic E-state index is 15.0. The third-order valence-electron chi connectivity index (χ3n) is 9.15. The Hall–Kier alpha value is -3.48. The molecule has 0 radical (unpaired) electrons. The highest BCUT2D eigenvalue weighted by molar-refractivity contribution is 6.25. The first-order chi connectivity index (χ1) is 19.7. The topological polar surface area (TPSA) is 139 Å². The van der Waals surface area contributed by atoms with Crippen molar-refractivity contribution in [2.24, 2.45) is 11.8 Å².